The van der Waals surface area contributed by atoms with Crippen LogP contribution in [0.15, 0.2) is 36.4 Å². The molecule has 140 valence electrons. The number of halogens is 4. The van der Waals surface area contributed by atoms with Gasteiger partial charge in [-0.1, -0.05) is 23.7 Å². The minimum Gasteiger partial charge on any atom is -0.493 e. The summed E-state index contributed by atoms with van der Waals surface area (Å²) in [7, 11) is 0. The lowest BCUT2D eigenvalue weighted by atomic mass is 10.1. The molecule has 0 fully saturated rings. The Balaban J connectivity index is 1.87. The molecule has 0 heterocycles. The Hall–Kier alpha value is -2.21. The van der Waals surface area contributed by atoms with Crippen molar-refractivity contribution in [1.82, 2.24) is 0 Å². The SMILES string of the molecule is Cc1cccc(OCCCC(=O)Nc2cc(C(F)(F)F)ccc2Cl)c1C. The van der Waals surface area contributed by atoms with Crippen molar-refractivity contribution >= 4 is 23.2 Å². The lowest BCUT2D eigenvalue weighted by Gasteiger charge is -2.12. The molecule has 0 aliphatic rings. The summed E-state index contributed by atoms with van der Waals surface area (Å²) in [5.74, 6) is 0.335. The molecule has 1 N–H and O–H groups in total. The van der Waals surface area contributed by atoms with Crippen LogP contribution in [-0.2, 0) is 11.0 Å². The van der Waals surface area contributed by atoms with Gasteiger partial charge in [0.2, 0.25) is 5.91 Å². The first kappa shape index (κ1) is 20.1. The normalized spacial score (nSPS) is 11.3. The summed E-state index contributed by atoms with van der Waals surface area (Å²) in [6, 6.07) is 8.53. The first-order valence-corrected chi connectivity index (χ1v) is 8.42. The van der Waals surface area contributed by atoms with Gasteiger partial charge in [0.05, 0.1) is 22.9 Å². The van der Waals surface area contributed by atoms with Crippen molar-refractivity contribution in [2.45, 2.75) is 32.9 Å². The number of alkyl halides is 3. The minimum atomic E-state index is -4.50. The molecule has 0 aromatic heterocycles. The molecule has 0 atom stereocenters. The minimum absolute atomic E-state index is 0.0537. The Bertz CT molecular complexity index is 791. The number of hydrogen-bond donors (Lipinski definition) is 1. The van der Waals surface area contributed by atoms with E-state index in [4.69, 9.17) is 16.3 Å². The van der Waals surface area contributed by atoms with E-state index in [1.807, 2.05) is 32.0 Å². The molecule has 0 aliphatic heterocycles. The fraction of sp³-hybridized carbons (Fsp3) is 0.316. The molecule has 2 rings (SSSR count). The van der Waals surface area contributed by atoms with Crippen LogP contribution < -0.4 is 10.1 Å². The summed E-state index contributed by atoms with van der Waals surface area (Å²) < 4.78 is 43.9. The molecule has 0 unspecified atom stereocenters. The molecule has 0 saturated heterocycles. The molecule has 1 amide bonds. The lowest BCUT2D eigenvalue weighted by Crippen LogP contribution is -2.14. The van der Waals surface area contributed by atoms with Gasteiger partial charge in [-0.15, -0.1) is 0 Å². The predicted molar refractivity (Wildman–Crippen MR) is 95.7 cm³/mol. The molecule has 26 heavy (non-hydrogen) atoms. The fourth-order valence-electron chi connectivity index (χ4n) is 2.31. The number of carbonyl (C=O) groups is 1. The smallest absolute Gasteiger partial charge is 0.416 e. The van der Waals surface area contributed by atoms with Crippen LogP contribution in [-0.4, -0.2) is 12.5 Å². The molecule has 0 bridgehead atoms. The van der Waals surface area contributed by atoms with E-state index >= 15 is 0 Å². The van der Waals surface area contributed by atoms with E-state index < -0.39 is 17.6 Å². The van der Waals surface area contributed by atoms with Gasteiger partial charge in [-0.2, -0.15) is 13.2 Å². The first-order chi connectivity index (χ1) is 12.2. The van der Waals surface area contributed by atoms with Crippen molar-refractivity contribution in [3.05, 3.63) is 58.1 Å². The van der Waals surface area contributed by atoms with Crippen LogP contribution in [0.5, 0.6) is 5.75 Å². The molecule has 0 radical (unpaired) electrons. The van der Waals surface area contributed by atoms with E-state index in [1.165, 1.54) is 0 Å². The number of aryl methyl sites for hydroxylation is 1. The van der Waals surface area contributed by atoms with Crippen LogP contribution in [0.2, 0.25) is 5.02 Å². The summed E-state index contributed by atoms with van der Waals surface area (Å²) in [5, 5.41) is 2.47. The molecule has 3 nitrogen and oxygen atoms in total. The van der Waals surface area contributed by atoms with E-state index in [0.29, 0.717) is 13.0 Å². The first-order valence-electron chi connectivity index (χ1n) is 8.04. The van der Waals surface area contributed by atoms with Gasteiger partial charge in [0.1, 0.15) is 5.75 Å². The zero-order valence-electron chi connectivity index (χ0n) is 14.4. The summed E-state index contributed by atoms with van der Waals surface area (Å²) in [6.07, 6.45) is -3.96. The van der Waals surface area contributed by atoms with Crippen molar-refractivity contribution in [3.63, 3.8) is 0 Å². The highest BCUT2D eigenvalue weighted by molar-refractivity contribution is 6.33. The maximum absolute atomic E-state index is 12.7. The molecular formula is C19H19ClF3NO2. The van der Waals surface area contributed by atoms with Crippen molar-refractivity contribution in [2.24, 2.45) is 0 Å². The van der Waals surface area contributed by atoms with Gasteiger partial charge in [-0.05, 0) is 55.7 Å². The van der Waals surface area contributed by atoms with E-state index in [1.54, 1.807) is 0 Å². The topological polar surface area (TPSA) is 38.3 Å². The maximum atomic E-state index is 12.7. The van der Waals surface area contributed by atoms with Crippen LogP contribution in [0, 0.1) is 13.8 Å². The molecule has 7 heteroatoms. The van der Waals surface area contributed by atoms with Gasteiger partial charge in [0.15, 0.2) is 0 Å². The molecule has 0 spiro atoms. The van der Waals surface area contributed by atoms with Gasteiger partial charge in [-0.25, -0.2) is 0 Å². The van der Waals surface area contributed by atoms with Gasteiger partial charge in [0, 0.05) is 6.42 Å². The number of rotatable bonds is 6. The zero-order chi connectivity index (χ0) is 19.3. The van der Waals surface area contributed by atoms with Gasteiger partial charge in [0.25, 0.3) is 0 Å². The zero-order valence-corrected chi connectivity index (χ0v) is 15.2. The van der Waals surface area contributed by atoms with E-state index in [2.05, 4.69) is 5.32 Å². The Morgan fingerprint density at radius 3 is 2.62 bits per heavy atom. The second-order valence-electron chi connectivity index (χ2n) is 5.89. The second-order valence-corrected chi connectivity index (χ2v) is 6.30. The highest BCUT2D eigenvalue weighted by Crippen LogP contribution is 2.33. The molecular weight excluding hydrogens is 367 g/mol. The van der Waals surface area contributed by atoms with Crippen LogP contribution in [0.3, 0.4) is 0 Å². The van der Waals surface area contributed by atoms with E-state index in [0.717, 1.165) is 35.1 Å². The Labute approximate surface area is 155 Å². The third-order valence-electron chi connectivity index (χ3n) is 3.93. The van der Waals surface area contributed by atoms with Gasteiger partial charge < -0.3 is 10.1 Å². The number of hydrogen-bond acceptors (Lipinski definition) is 2. The van der Waals surface area contributed by atoms with Crippen LogP contribution in [0.4, 0.5) is 18.9 Å². The van der Waals surface area contributed by atoms with Crippen molar-refractivity contribution in [3.8, 4) is 5.75 Å². The maximum Gasteiger partial charge on any atom is 0.416 e. The highest BCUT2D eigenvalue weighted by atomic mass is 35.5. The third-order valence-corrected chi connectivity index (χ3v) is 4.26. The largest absolute Gasteiger partial charge is 0.493 e. The second kappa shape index (κ2) is 8.45. The summed E-state index contributed by atoms with van der Waals surface area (Å²) in [4.78, 5) is 12.0. The van der Waals surface area contributed by atoms with E-state index in [9.17, 15) is 18.0 Å². The van der Waals surface area contributed by atoms with Crippen molar-refractivity contribution < 1.29 is 22.7 Å². The van der Waals surface area contributed by atoms with Crippen LogP contribution >= 0.6 is 11.6 Å². The van der Waals surface area contributed by atoms with Crippen LogP contribution in [0.25, 0.3) is 0 Å². The monoisotopic (exact) mass is 385 g/mol. The summed E-state index contributed by atoms with van der Waals surface area (Å²) in [6.45, 7) is 4.26. The number of anilines is 1. The average Bonchev–Trinajstić information content (AvgIpc) is 2.56. The van der Waals surface area contributed by atoms with Crippen LogP contribution in [0.1, 0.15) is 29.5 Å². The number of benzene rings is 2. The number of nitrogens with one attached hydrogen (secondary N) is 1. The Kier molecular flexibility index (Phi) is 6.53. The predicted octanol–water partition coefficient (Wildman–Crippen LogP) is 5.77. The van der Waals surface area contributed by atoms with Crippen molar-refractivity contribution in [2.75, 3.05) is 11.9 Å². The number of amides is 1. The lowest BCUT2D eigenvalue weighted by molar-refractivity contribution is -0.137. The summed E-state index contributed by atoms with van der Waals surface area (Å²) >= 11 is 5.86. The quantitative estimate of drug-likeness (QED) is 0.641. The van der Waals surface area contributed by atoms with Crippen molar-refractivity contribution in [1.29, 1.82) is 0 Å². The standard InChI is InChI=1S/C19H19ClF3NO2/c1-12-5-3-6-17(13(12)2)26-10-4-7-18(25)24-16-11-14(19(21,22)23)8-9-15(16)20/h3,5-6,8-9,11H,4,7,10H2,1-2H3,(H,24,25). The van der Waals surface area contributed by atoms with E-state index in [-0.39, 0.29) is 17.1 Å². The number of carbonyl (C=O) groups excluding carboxylic acids is 1. The third kappa shape index (κ3) is 5.39. The Morgan fingerprint density at radius 2 is 1.92 bits per heavy atom. The molecule has 2 aromatic rings. The van der Waals surface area contributed by atoms with Gasteiger partial charge in [-0.3, -0.25) is 4.79 Å². The molecule has 0 saturated carbocycles. The highest BCUT2D eigenvalue weighted by Gasteiger charge is 2.31. The average molecular weight is 386 g/mol. The molecule has 2 aromatic carbocycles. The summed E-state index contributed by atoms with van der Waals surface area (Å²) in [5.41, 5.74) is 1.23. The molecule has 0 aliphatic carbocycles. The Morgan fingerprint density at radius 1 is 1.19 bits per heavy atom. The number of ether oxygens (including phenoxy) is 1. The van der Waals surface area contributed by atoms with Gasteiger partial charge >= 0.3 is 6.18 Å². The fourth-order valence-corrected chi connectivity index (χ4v) is 2.47.